The molecule has 128 valence electrons. The Hall–Kier alpha value is -2.55. The van der Waals surface area contributed by atoms with Crippen molar-refractivity contribution < 1.29 is 4.74 Å². The number of rotatable bonds is 5. The maximum absolute atomic E-state index is 5.89. The van der Waals surface area contributed by atoms with Gasteiger partial charge in [-0.05, 0) is 43.0 Å². The zero-order chi connectivity index (χ0) is 17.3. The van der Waals surface area contributed by atoms with E-state index in [9.17, 15) is 0 Å². The van der Waals surface area contributed by atoms with Gasteiger partial charge in [0.25, 0.3) is 0 Å². The summed E-state index contributed by atoms with van der Waals surface area (Å²) in [5.41, 5.74) is 4.33. The predicted octanol–water partition coefficient (Wildman–Crippen LogP) is 4.78. The summed E-state index contributed by atoms with van der Waals surface area (Å²) in [6.07, 6.45) is 7.48. The Bertz CT molecular complexity index is 842. The monoisotopic (exact) mass is 332 g/mol. The van der Waals surface area contributed by atoms with Crippen molar-refractivity contribution in [3.05, 3.63) is 83.4 Å². The molecule has 0 unspecified atom stereocenters. The van der Waals surface area contributed by atoms with Crippen LogP contribution in [0.15, 0.2) is 60.9 Å². The molecule has 0 radical (unpaired) electrons. The van der Waals surface area contributed by atoms with Gasteiger partial charge in [-0.1, -0.05) is 48.4 Å². The SMILES string of the molecule is Cc1ccc(C2(c3ccc(OCc4nccn4C)cc3)CCC2)cc1. The third-order valence-electron chi connectivity index (χ3n) is 5.51. The first-order valence-electron chi connectivity index (χ1n) is 8.94. The lowest BCUT2D eigenvalue weighted by Gasteiger charge is -2.43. The molecule has 1 saturated carbocycles. The van der Waals surface area contributed by atoms with E-state index in [0.717, 1.165) is 11.6 Å². The van der Waals surface area contributed by atoms with E-state index in [4.69, 9.17) is 4.74 Å². The molecule has 0 bridgehead atoms. The largest absolute Gasteiger partial charge is 0.486 e. The van der Waals surface area contributed by atoms with Crippen LogP contribution in [0, 0.1) is 6.92 Å². The van der Waals surface area contributed by atoms with E-state index in [2.05, 4.69) is 60.4 Å². The smallest absolute Gasteiger partial charge is 0.146 e. The van der Waals surface area contributed by atoms with Crippen LogP contribution in [-0.4, -0.2) is 9.55 Å². The highest BCUT2D eigenvalue weighted by molar-refractivity contribution is 5.44. The van der Waals surface area contributed by atoms with Crippen molar-refractivity contribution in [2.24, 2.45) is 7.05 Å². The Labute approximate surface area is 149 Å². The van der Waals surface area contributed by atoms with E-state index >= 15 is 0 Å². The average molecular weight is 332 g/mol. The Morgan fingerprint density at radius 2 is 1.64 bits per heavy atom. The van der Waals surface area contributed by atoms with E-state index in [0.29, 0.717) is 6.61 Å². The van der Waals surface area contributed by atoms with Crippen LogP contribution >= 0.6 is 0 Å². The normalized spacial score (nSPS) is 15.6. The second-order valence-corrected chi connectivity index (χ2v) is 7.07. The van der Waals surface area contributed by atoms with Gasteiger partial charge in [-0.25, -0.2) is 4.98 Å². The van der Waals surface area contributed by atoms with E-state index < -0.39 is 0 Å². The molecule has 3 heteroatoms. The van der Waals surface area contributed by atoms with Crippen molar-refractivity contribution in [2.45, 2.75) is 38.2 Å². The molecule has 1 heterocycles. The van der Waals surface area contributed by atoms with Gasteiger partial charge in [0.2, 0.25) is 0 Å². The Morgan fingerprint density at radius 3 is 2.16 bits per heavy atom. The highest BCUT2D eigenvalue weighted by Crippen LogP contribution is 2.49. The lowest BCUT2D eigenvalue weighted by molar-refractivity contribution is 0.288. The standard InChI is InChI=1S/C22H24N2O/c1-17-4-6-18(7-5-17)22(12-3-13-22)19-8-10-20(11-9-19)25-16-21-23-14-15-24(21)2/h4-11,14-15H,3,12-13,16H2,1-2H3. The topological polar surface area (TPSA) is 27.1 Å². The number of aromatic nitrogens is 2. The van der Waals surface area contributed by atoms with Gasteiger partial charge in [-0.15, -0.1) is 0 Å². The quantitative estimate of drug-likeness (QED) is 0.672. The van der Waals surface area contributed by atoms with Crippen molar-refractivity contribution in [1.82, 2.24) is 9.55 Å². The summed E-state index contributed by atoms with van der Waals surface area (Å²) >= 11 is 0. The fourth-order valence-corrected chi connectivity index (χ4v) is 3.70. The minimum absolute atomic E-state index is 0.186. The third kappa shape index (κ3) is 2.95. The molecule has 0 aliphatic heterocycles. The van der Waals surface area contributed by atoms with Crippen LogP contribution < -0.4 is 4.74 Å². The molecule has 3 aromatic rings. The second-order valence-electron chi connectivity index (χ2n) is 7.07. The molecule has 1 aliphatic carbocycles. The van der Waals surface area contributed by atoms with Crippen molar-refractivity contribution in [2.75, 3.05) is 0 Å². The van der Waals surface area contributed by atoms with Crippen LogP contribution in [0.5, 0.6) is 5.75 Å². The number of ether oxygens (including phenoxy) is 1. The number of hydrogen-bond donors (Lipinski definition) is 0. The molecule has 0 saturated heterocycles. The number of benzene rings is 2. The highest BCUT2D eigenvalue weighted by Gasteiger charge is 2.40. The van der Waals surface area contributed by atoms with Crippen LogP contribution in [-0.2, 0) is 19.1 Å². The molecule has 0 amide bonds. The van der Waals surface area contributed by atoms with Gasteiger partial charge in [-0.3, -0.25) is 0 Å². The summed E-state index contributed by atoms with van der Waals surface area (Å²) in [6, 6.07) is 17.7. The number of hydrogen-bond acceptors (Lipinski definition) is 2. The van der Waals surface area contributed by atoms with Crippen molar-refractivity contribution in [3.63, 3.8) is 0 Å². The van der Waals surface area contributed by atoms with Gasteiger partial charge in [-0.2, -0.15) is 0 Å². The molecule has 0 N–H and O–H groups in total. The minimum Gasteiger partial charge on any atom is -0.486 e. The molecule has 4 rings (SSSR count). The first-order chi connectivity index (χ1) is 12.2. The van der Waals surface area contributed by atoms with Crippen molar-refractivity contribution in [3.8, 4) is 5.75 Å². The number of imidazole rings is 1. The summed E-state index contributed by atoms with van der Waals surface area (Å²) in [5, 5.41) is 0. The Kier molecular flexibility index (Phi) is 4.08. The van der Waals surface area contributed by atoms with Crippen LogP contribution in [0.3, 0.4) is 0 Å². The molecule has 25 heavy (non-hydrogen) atoms. The number of nitrogens with zero attached hydrogens (tertiary/aromatic N) is 2. The predicted molar refractivity (Wildman–Crippen MR) is 99.8 cm³/mol. The van der Waals surface area contributed by atoms with Gasteiger partial charge in [0.15, 0.2) is 0 Å². The summed E-state index contributed by atoms with van der Waals surface area (Å²) in [5.74, 6) is 1.82. The summed E-state index contributed by atoms with van der Waals surface area (Å²) in [6.45, 7) is 2.64. The van der Waals surface area contributed by atoms with Crippen LogP contribution in [0.2, 0.25) is 0 Å². The lowest BCUT2D eigenvalue weighted by atomic mass is 9.60. The highest BCUT2D eigenvalue weighted by atomic mass is 16.5. The maximum Gasteiger partial charge on any atom is 0.146 e. The van der Waals surface area contributed by atoms with Gasteiger partial charge < -0.3 is 9.30 Å². The van der Waals surface area contributed by atoms with Crippen LogP contribution in [0.1, 0.15) is 41.8 Å². The zero-order valence-electron chi connectivity index (χ0n) is 14.9. The summed E-state index contributed by atoms with van der Waals surface area (Å²) < 4.78 is 7.87. The summed E-state index contributed by atoms with van der Waals surface area (Å²) in [4.78, 5) is 4.29. The molecule has 1 aliphatic rings. The van der Waals surface area contributed by atoms with Crippen molar-refractivity contribution in [1.29, 1.82) is 0 Å². The lowest BCUT2D eigenvalue weighted by Crippen LogP contribution is -2.35. The fourth-order valence-electron chi connectivity index (χ4n) is 3.70. The second kappa shape index (κ2) is 6.40. The molecule has 0 atom stereocenters. The van der Waals surface area contributed by atoms with Crippen LogP contribution in [0.4, 0.5) is 0 Å². The Morgan fingerprint density at radius 1 is 1.00 bits per heavy atom. The molecule has 0 spiro atoms. The van der Waals surface area contributed by atoms with Crippen molar-refractivity contribution >= 4 is 0 Å². The first-order valence-corrected chi connectivity index (χ1v) is 8.94. The molecular weight excluding hydrogens is 308 g/mol. The van der Waals surface area contributed by atoms with E-state index in [1.807, 2.05) is 17.8 Å². The average Bonchev–Trinajstić information content (AvgIpc) is 3.00. The van der Waals surface area contributed by atoms with E-state index in [1.165, 1.54) is 36.0 Å². The first kappa shape index (κ1) is 15.9. The van der Waals surface area contributed by atoms with Gasteiger partial charge in [0.05, 0.1) is 0 Å². The molecule has 3 nitrogen and oxygen atoms in total. The minimum atomic E-state index is 0.186. The zero-order valence-corrected chi connectivity index (χ0v) is 14.9. The Balaban J connectivity index is 1.52. The molecule has 2 aromatic carbocycles. The molecule has 1 aromatic heterocycles. The van der Waals surface area contributed by atoms with Gasteiger partial charge in [0, 0.05) is 24.9 Å². The van der Waals surface area contributed by atoms with Gasteiger partial charge in [0.1, 0.15) is 18.2 Å². The summed E-state index contributed by atoms with van der Waals surface area (Å²) in [7, 11) is 1.98. The van der Waals surface area contributed by atoms with E-state index in [1.54, 1.807) is 6.20 Å². The van der Waals surface area contributed by atoms with Crippen LogP contribution in [0.25, 0.3) is 0 Å². The molecule has 1 fully saturated rings. The number of aryl methyl sites for hydroxylation is 2. The van der Waals surface area contributed by atoms with Gasteiger partial charge >= 0.3 is 0 Å². The van der Waals surface area contributed by atoms with E-state index in [-0.39, 0.29) is 5.41 Å². The fraction of sp³-hybridized carbons (Fsp3) is 0.318. The maximum atomic E-state index is 5.89. The third-order valence-corrected chi connectivity index (χ3v) is 5.51. The molecular formula is C22H24N2O.